The van der Waals surface area contributed by atoms with Crippen LogP contribution in [0, 0.1) is 5.92 Å². The summed E-state index contributed by atoms with van der Waals surface area (Å²) in [4.78, 5) is 15.0. The first-order valence-corrected chi connectivity index (χ1v) is 8.33. The van der Waals surface area contributed by atoms with Crippen LogP contribution in [0.4, 0.5) is 5.69 Å². The van der Waals surface area contributed by atoms with Crippen molar-refractivity contribution in [1.82, 2.24) is 0 Å². The van der Waals surface area contributed by atoms with E-state index in [0.29, 0.717) is 0 Å². The Labute approximate surface area is 142 Å². The Bertz CT molecular complexity index is 773. The number of anilines is 1. The lowest BCUT2D eigenvalue weighted by molar-refractivity contribution is -0.121. The highest BCUT2D eigenvalue weighted by atomic mass is 16.5. The minimum atomic E-state index is 0.0243. The molecule has 2 bridgehead atoms. The number of hydrogen-bond acceptors (Lipinski definition) is 3. The Morgan fingerprint density at radius 3 is 2.21 bits per heavy atom. The second-order valence-electron chi connectivity index (χ2n) is 6.46. The summed E-state index contributed by atoms with van der Waals surface area (Å²) in [5, 5.41) is 0. The maximum Gasteiger partial charge on any atom is 0.231 e. The molecule has 1 aliphatic carbocycles. The summed E-state index contributed by atoms with van der Waals surface area (Å²) in [6.07, 6.45) is 1.87. The van der Waals surface area contributed by atoms with Gasteiger partial charge < -0.3 is 14.4 Å². The topological polar surface area (TPSA) is 38.8 Å². The minimum Gasteiger partial charge on any atom is -0.496 e. The summed E-state index contributed by atoms with van der Waals surface area (Å²) in [7, 11) is 3.34. The van der Waals surface area contributed by atoms with Crippen molar-refractivity contribution in [3.8, 4) is 11.5 Å². The molecule has 1 aliphatic heterocycles. The van der Waals surface area contributed by atoms with Crippen LogP contribution in [-0.2, 0) is 4.79 Å². The first kappa shape index (κ1) is 15.1. The van der Waals surface area contributed by atoms with Crippen LogP contribution in [0.25, 0.3) is 0 Å². The molecule has 3 atom stereocenters. The number of benzene rings is 2. The lowest BCUT2D eigenvalue weighted by Gasteiger charge is -2.32. The molecule has 2 aromatic carbocycles. The van der Waals surface area contributed by atoms with E-state index in [4.69, 9.17) is 9.47 Å². The molecule has 4 rings (SSSR count). The number of fused-ring (bicyclic) bond motifs is 2. The smallest absolute Gasteiger partial charge is 0.231 e. The fourth-order valence-electron chi connectivity index (χ4n) is 4.31. The number of hydrogen-bond donors (Lipinski definition) is 0. The molecule has 0 N–H and O–H groups in total. The molecule has 1 saturated heterocycles. The number of rotatable bonds is 4. The molecule has 2 aliphatic rings. The van der Waals surface area contributed by atoms with E-state index in [0.717, 1.165) is 35.6 Å². The molecule has 1 heterocycles. The van der Waals surface area contributed by atoms with Crippen LogP contribution < -0.4 is 14.4 Å². The second-order valence-corrected chi connectivity index (χ2v) is 6.46. The summed E-state index contributed by atoms with van der Waals surface area (Å²) in [6.45, 7) is 0. The largest absolute Gasteiger partial charge is 0.496 e. The van der Waals surface area contributed by atoms with Gasteiger partial charge in [0.15, 0.2) is 0 Å². The predicted molar refractivity (Wildman–Crippen MR) is 92.7 cm³/mol. The maximum atomic E-state index is 13.0. The van der Waals surface area contributed by atoms with Crippen LogP contribution in [0.5, 0.6) is 11.5 Å². The van der Waals surface area contributed by atoms with E-state index in [2.05, 4.69) is 6.07 Å². The molecule has 4 heteroatoms. The van der Waals surface area contributed by atoms with E-state index in [9.17, 15) is 4.79 Å². The van der Waals surface area contributed by atoms with Gasteiger partial charge in [-0.15, -0.1) is 0 Å². The molecule has 124 valence electrons. The fourth-order valence-corrected chi connectivity index (χ4v) is 4.31. The molecule has 0 unspecified atom stereocenters. The predicted octanol–water partition coefficient (Wildman–Crippen LogP) is 3.61. The standard InChI is InChI=1S/C20H21NO3/c1-23-18-9-5-3-7-14(18)15-11-13-12-16(15)20(22)21(13)17-8-4-6-10-19(17)24-2/h3-10,13,15-16H,11-12H2,1-2H3/t13-,15+,16-/m1/s1. The van der Waals surface area contributed by atoms with Crippen molar-refractivity contribution in [3.05, 3.63) is 54.1 Å². The molecule has 2 fully saturated rings. The number of methoxy groups -OCH3 is 2. The molecule has 0 spiro atoms. The van der Waals surface area contributed by atoms with Crippen LogP contribution >= 0.6 is 0 Å². The number of carbonyl (C=O) groups is 1. The maximum absolute atomic E-state index is 13.0. The number of nitrogens with zero attached hydrogens (tertiary/aromatic N) is 1. The van der Waals surface area contributed by atoms with Gasteiger partial charge in [-0.25, -0.2) is 0 Å². The number of ether oxygens (including phenoxy) is 2. The Hall–Kier alpha value is -2.49. The highest BCUT2D eigenvalue weighted by molar-refractivity contribution is 6.01. The van der Waals surface area contributed by atoms with Crippen molar-refractivity contribution < 1.29 is 14.3 Å². The lowest BCUT2D eigenvalue weighted by atomic mass is 9.86. The van der Waals surface area contributed by atoms with Gasteiger partial charge in [0, 0.05) is 17.9 Å². The second kappa shape index (κ2) is 5.86. The average Bonchev–Trinajstić information content (AvgIpc) is 3.19. The summed E-state index contributed by atoms with van der Waals surface area (Å²) >= 11 is 0. The summed E-state index contributed by atoms with van der Waals surface area (Å²) < 4.78 is 11.0. The minimum absolute atomic E-state index is 0.0243. The Balaban J connectivity index is 1.66. The molecule has 2 aromatic rings. The molecular formula is C20H21NO3. The number of amides is 1. The van der Waals surface area contributed by atoms with Gasteiger partial charge in [-0.1, -0.05) is 30.3 Å². The summed E-state index contributed by atoms with van der Waals surface area (Å²) in [5.41, 5.74) is 2.04. The van der Waals surface area contributed by atoms with Gasteiger partial charge >= 0.3 is 0 Å². The normalized spacial score (nSPS) is 25.2. The average molecular weight is 323 g/mol. The van der Waals surface area contributed by atoms with Crippen molar-refractivity contribution in [2.24, 2.45) is 5.92 Å². The molecule has 0 aromatic heterocycles. The van der Waals surface area contributed by atoms with Crippen molar-refractivity contribution in [2.45, 2.75) is 24.8 Å². The van der Waals surface area contributed by atoms with Crippen LogP contribution in [0.3, 0.4) is 0 Å². The zero-order valence-electron chi connectivity index (χ0n) is 13.9. The van der Waals surface area contributed by atoms with Gasteiger partial charge in [0.1, 0.15) is 11.5 Å². The number of para-hydroxylation sites is 3. The fraction of sp³-hybridized carbons (Fsp3) is 0.350. The quantitative estimate of drug-likeness (QED) is 0.863. The molecular weight excluding hydrogens is 302 g/mol. The Kier molecular flexibility index (Phi) is 3.68. The van der Waals surface area contributed by atoms with Gasteiger partial charge in [0.2, 0.25) is 5.91 Å². The van der Waals surface area contributed by atoms with Gasteiger partial charge in [0.25, 0.3) is 0 Å². The number of piperidine rings is 1. The van der Waals surface area contributed by atoms with E-state index in [1.165, 1.54) is 0 Å². The monoisotopic (exact) mass is 323 g/mol. The lowest BCUT2D eigenvalue weighted by Crippen LogP contribution is -2.40. The Morgan fingerprint density at radius 2 is 1.50 bits per heavy atom. The number of carbonyl (C=O) groups excluding carboxylic acids is 1. The third-order valence-electron chi connectivity index (χ3n) is 5.34. The molecule has 24 heavy (non-hydrogen) atoms. The van der Waals surface area contributed by atoms with Crippen LogP contribution in [0.15, 0.2) is 48.5 Å². The van der Waals surface area contributed by atoms with Crippen LogP contribution in [0.1, 0.15) is 24.3 Å². The molecule has 1 amide bonds. The van der Waals surface area contributed by atoms with E-state index < -0.39 is 0 Å². The van der Waals surface area contributed by atoms with Crippen molar-refractivity contribution in [1.29, 1.82) is 0 Å². The molecule has 0 radical (unpaired) electrons. The summed E-state index contributed by atoms with van der Waals surface area (Å²) in [6, 6.07) is 16.0. The first-order chi connectivity index (χ1) is 11.7. The van der Waals surface area contributed by atoms with Crippen molar-refractivity contribution >= 4 is 11.6 Å². The van der Waals surface area contributed by atoms with Crippen molar-refractivity contribution in [3.63, 3.8) is 0 Å². The Morgan fingerprint density at radius 1 is 0.875 bits per heavy atom. The third-order valence-corrected chi connectivity index (χ3v) is 5.34. The van der Waals surface area contributed by atoms with Gasteiger partial charge in [0.05, 0.1) is 19.9 Å². The zero-order valence-corrected chi connectivity index (χ0v) is 13.9. The van der Waals surface area contributed by atoms with Gasteiger partial charge in [-0.05, 0) is 36.6 Å². The third kappa shape index (κ3) is 2.17. The van der Waals surface area contributed by atoms with Gasteiger partial charge in [-0.2, -0.15) is 0 Å². The van der Waals surface area contributed by atoms with Crippen molar-refractivity contribution in [2.75, 3.05) is 19.1 Å². The molecule has 1 saturated carbocycles. The zero-order chi connectivity index (χ0) is 16.7. The highest BCUT2D eigenvalue weighted by Crippen LogP contribution is 2.52. The van der Waals surface area contributed by atoms with E-state index >= 15 is 0 Å². The van der Waals surface area contributed by atoms with E-state index in [1.807, 2.05) is 47.4 Å². The first-order valence-electron chi connectivity index (χ1n) is 8.33. The van der Waals surface area contributed by atoms with Crippen LogP contribution in [0.2, 0.25) is 0 Å². The summed E-state index contributed by atoms with van der Waals surface area (Å²) in [5.74, 6) is 2.10. The van der Waals surface area contributed by atoms with Crippen LogP contribution in [-0.4, -0.2) is 26.2 Å². The van der Waals surface area contributed by atoms with Gasteiger partial charge in [-0.3, -0.25) is 4.79 Å². The van der Waals surface area contributed by atoms with E-state index in [-0.39, 0.29) is 23.8 Å². The SMILES string of the molecule is COc1ccccc1[C@@H]1C[C@@H]2C[C@H]1C(=O)N2c1ccccc1OC. The highest BCUT2D eigenvalue weighted by Gasteiger charge is 2.52. The van der Waals surface area contributed by atoms with E-state index in [1.54, 1.807) is 14.2 Å². The molecule has 4 nitrogen and oxygen atoms in total.